The average Bonchev–Trinajstić information content (AvgIpc) is 2.42. The summed E-state index contributed by atoms with van der Waals surface area (Å²) in [7, 11) is 0. The number of carbonyl (C=O) groups is 2. The smallest absolute Gasteiger partial charge is 0.329 e. The highest BCUT2D eigenvalue weighted by Crippen LogP contribution is 2.27. The van der Waals surface area contributed by atoms with Crippen molar-refractivity contribution < 1.29 is 19.1 Å². The van der Waals surface area contributed by atoms with Gasteiger partial charge in [0.25, 0.3) is 0 Å². The minimum atomic E-state index is -1.59. The number of ether oxygens (including phenoxy) is 2. The zero-order valence-electron chi connectivity index (χ0n) is 11.2. The second-order valence-corrected chi connectivity index (χ2v) is 3.92. The van der Waals surface area contributed by atoms with E-state index in [2.05, 4.69) is 0 Å². The molecular weight excluding hydrogens is 246 g/mol. The van der Waals surface area contributed by atoms with Crippen LogP contribution in [0.3, 0.4) is 0 Å². The van der Waals surface area contributed by atoms with Crippen molar-refractivity contribution in [2.75, 3.05) is 19.8 Å². The number of nitrogens with two attached hydrogens (primary N) is 1. The third-order valence-corrected chi connectivity index (χ3v) is 2.82. The third kappa shape index (κ3) is 2.93. The first-order chi connectivity index (χ1) is 9.13. The van der Waals surface area contributed by atoms with Gasteiger partial charge in [-0.1, -0.05) is 30.3 Å². The fourth-order valence-corrected chi connectivity index (χ4v) is 1.83. The molecule has 1 aromatic carbocycles. The van der Waals surface area contributed by atoms with Gasteiger partial charge in [0, 0.05) is 6.54 Å². The van der Waals surface area contributed by atoms with E-state index in [1.165, 1.54) is 0 Å². The van der Waals surface area contributed by atoms with Crippen molar-refractivity contribution in [3.05, 3.63) is 35.9 Å². The van der Waals surface area contributed by atoms with Gasteiger partial charge in [0.1, 0.15) is 0 Å². The normalized spacial score (nSPS) is 10.9. The molecule has 0 saturated heterocycles. The molecule has 1 aromatic rings. The summed E-state index contributed by atoms with van der Waals surface area (Å²) in [6.45, 7) is 3.50. The molecule has 0 aromatic heterocycles. The van der Waals surface area contributed by atoms with E-state index in [0.717, 1.165) is 0 Å². The number of esters is 2. The van der Waals surface area contributed by atoms with Crippen LogP contribution >= 0.6 is 0 Å². The fourth-order valence-electron chi connectivity index (χ4n) is 1.83. The van der Waals surface area contributed by atoms with Gasteiger partial charge in [-0.2, -0.15) is 0 Å². The Morgan fingerprint density at radius 2 is 1.53 bits per heavy atom. The average molecular weight is 265 g/mol. The molecule has 0 bridgehead atoms. The Morgan fingerprint density at radius 1 is 1.05 bits per heavy atom. The molecular formula is C14H19NO4. The molecule has 5 heteroatoms. The van der Waals surface area contributed by atoms with E-state index in [0.29, 0.717) is 5.56 Å². The minimum Gasteiger partial charge on any atom is -0.465 e. The monoisotopic (exact) mass is 265 g/mol. The predicted octanol–water partition coefficient (Wildman–Crippen LogP) is 1.01. The van der Waals surface area contributed by atoms with E-state index in [4.69, 9.17) is 15.2 Å². The summed E-state index contributed by atoms with van der Waals surface area (Å²) in [5.41, 5.74) is 4.59. The van der Waals surface area contributed by atoms with E-state index in [9.17, 15) is 9.59 Å². The summed E-state index contributed by atoms with van der Waals surface area (Å²) < 4.78 is 10.0. The molecule has 0 aliphatic heterocycles. The van der Waals surface area contributed by atoms with Gasteiger partial charge < -0.3 is 15.2 Å². The van der Waals surface area contributed by atoms with Gasteiger partial charge in [0.05, 0.1) is 13.2 Å². The number of hydrogen-bond acceptors (Lipinski definition) is 5. The number of hydrogen-bond donors (Lipinski definition) is 1. The first-order valence-electron chi connectivity index (χ1n) is 6.23. The van der Waals surface area contributed by atoms with E-state index >= 15 is 0 Å². The molecule has 0 atom stereocenters. The third-order valence-electron chi connectivity index (χ3n) is 2.82. The quantitative estimate of drug-likeness (QED) is 0.613. The van der Waals surface area contributed by atoms with Crippen molar-refractivity contribution in [1.29, 1.82) is 0 Å². The summed E-state index contributed by atoms with van der Waals surface area (Å²) in [6.07, 6.45) is 0. The molecule has 0 radical (unpaired) electrons. The van der Waals surface area contributed by atoms with Crippen LogP contribution < -0.4 is 5.73 Å². The topological polar surface area (TPSA) is 78.6 Å². The van der Waals surface area contributed by atoms with E-state index in [1.54, 1.807) is 44.2 Å². The number of rotatable bonds is 6. The van der Waals surface area contributed by atoms with Crippen LogP contribution in [-0.2, 0) is 24.5 Å². The molecule has 0 heterocycles. The van der Waals surface area contributed by atoms with Gasteiger partial charge in [-0.3, -0.25) is 9.59 Å². The van der Waals surface area contributed by atoms with Crippen LogP contribution in [0.4, 0.5) is 0 Å². The van der Waals surface area contributed by atoms with Gasteiger partial charge in [0.15, 0.2) is 0 Å². The van der Waals surface area contributed by atoms with Crippen LogP contribution in [0, 0.1) is 0 Å². The minimum absolute atomic E-state index is 0.173. The molecule has 19 heavy (non-hydrogen) atoms. The highest BCUT2D eigenvalue weighted by Gasteiger charge is 2.49. The van der Waals surface area contributed by atoms with Gasteiger partial charge in [0.2, 0.25) is 5.41 Å². The summed E-state index contributed by atoms with van der Waals surface area (Å²) in [4.78, 5) is 24.4. The molecule has 0 aliphatic rings. The lowest BCUT2D eigenvalue weighted by atomic mass is 9.80. The molecule has 0 spiro atoms. The number of benzene rings is 1. The Balaban J connectivity index is 3.29. The van der Waals surface area contributed by atoms with Gasteiger partial charge in [-0.05, 0) is 19.4 Å². The van der Waals surface area contributed by atoms with Crippen molar-refractivity contribution in [2.24, 2.45) is 5.73 Å². The molecule has 0 fully saturated rings. The summed E-state index contributed by atoms with van der Waals surface area (Å²) >= 11 is 0. The predicted molar refractivity (Wildman–Crippen MR) is 70.4 cm³/mol. The molecule has 0 amide bonds. The summed E-state index contributed by atoms with van der Waals surface area (Å²) in [5.74, 6) is -1.36. The van der Waals surface area contributed by atoms with Crippen LogP contribution in [0.1, 0.15) is 19.4 Å². The molecule has 5 nitrogen and oxygen atoms in total. The van der Waals surface area contributed by atoms with E-state index in [1.807, 2.05) is 0 Å². The Morgan fingerprint density at radius 3 is 1.89 bits per heavy atom. The van der Waals surface area contributed by atoms with Gasteiger partial charge in [-0.15, -0.1) is 0 Å². The van der Waals surface area contributed by atoms with E-state index < -0.39 is 17.4 Å². The molecule has 0 unspecified atom stereocenters. The van der Waals surface area contributed by atoms with Crippen molar-refractivity contribution in [1.82, 2.24) is 0 Å². The van der Waals surface area contributed by atoms with Crippen LogP contribution in [0.2, 0.25) is 0 Å². The first kappa shape index (κ1) is 15.2. The second-order valence-electron chi connectivity index (χ2n) is 3.92. The standard InChI is InChI=1S/C14H19NO4/c1-3-18-12(16)14(10-15,13(17)19-4-2)11-8-6-5-7-9-11/h5-9H,3-4,10,15H2,1-2H3. The summed E-state index contributed by atoms with van der Waals surface area (Å²) in [6, 6.07) is 8.60. The maximum atomic E-state index is 12.2. The van der Waals surface area contributed by atoms with Crippen molar-refractivity contribution in [3.63, 3.8) is 0 Å². The molecule has 2 N–H and O–H groups in total. The lowest BCUT2D eigenvalue weighted by molar-refractivity contribution is -0.164. The Kier molecular flexibility index (Phi) is 5.51. The maximum Gasteiger partial charge on any atom is 0.329 e. The second kappa shape index (κ2) is 6.89. The SMILES string of the molecule is CCOC(=O)C(CN)(C(=O)OCC)c1ccccc1. The Labute approximate surface area is 112 Å². The molecule has 0 saturated carbocycles. The number of carbonyl (C=O) groups excluding carboxylic acids is 2. The Bertz CT molecular complexity index is 412. The van der Waals surface area contributed by atoms with Gasteiger partial charge >= 0.3 is 11.9 Å². The van der Waals surface area contributed by atoms with Crippen molar-refractivity contribution >= 4 is 11.9 Å². The summed E-state index contributed by atoms with van der Waals surface area (Å²) in [5, 5.41) is 0. The molecule has 1 rings (SSSR count). The highest BCUT2D eigenvalue weighted by atomic mass is 16.6. The van der Waals surface area contributed by atoms with Crippen LogP contribution in [0.15, 0.2) is 30.3 Å². The maximum absolute atomic E-state index is 12.2. The van der Waals surface area contributed by atoms with Crippen LogP contribution in [-0.4, -0.2) is 31.7 Å². The van der Waals surface area contributed by atoms with Crippen LogP contribution in [0.5, 0.6) is 0 Å². The molecule has 104 valence electrons. The molecule has 0 aliphatic carbocycles. The highest BCUT2D eigenvalue weighted by molar-refractivity contribution is 6.06. The largest absolute Gasteiger partial charge is 0.465 e. The fraction of sp³-hybridized carbons (Fsp3) is 0.429. The van der Waals surface area contributed by atoms with Crippen molar-refractivity contribution in [3.8, 4) is 0 Å². The lowest BCUT2D eigenvalue weighted by Gasteiger charge is -2.28. The zero-order chi connectivity index (χ0) is 14.3. The lowest BCUT2D eigenvalue weighted by Crippen LogP contribution is -2.51. The van der Waals surface area contributed by atoms with Gasteiger partial charge in [-0.25, -0.2) is 0 Å². The van der Waals surface area contributed by atoms with E-state index in [-0.39, 0.29) is 19.8 Å². The van der Waals surface area contributed by atoms with Crippen molar-refractivity contribution in [2.45, 2.75) is 19.3 Å². The zero-order valence-corrected chi connectivity index (χ0v) is 11.2. The first-order valence-corrected chi connectivity index (χ1v) is 6.23. The Hall–Kier alpha value is -1.88. The van der Waals surface area contributed by atoms with Crippen LogP contribution in [0.25, 0.3) is 0 Å².